The van der Waals surface area contributed by atoms with Crippen molar-refractivity contribution < 1.29 is 0 Å². The Hall–Kier alpha value is 0.953. The molecule has 0 unspecified atom stereocenters. The molecule has 0 aliphatic rings. The van der Waals surface area contributed by atoms with Crippen molar-refractivity contribution in [3.63, 3.8) is 0 Å². The minimum atomic E-state index is 0.549. The van der Waals surface area contributed by atoms with E-state index in [2.05, 4.69) is 6.55 Å². The van der Waals surface area contributed by atoms with E-state index in [-0.39, 0.29) is 0 Å². The Bertz CT molecular complexity index is 8.00. The van der Waals surface area contributed by atoms with Crippen LogP contribution in [0.15, 0.2) is 0 Å². The van der Waals surface area contributed by atoms with Gasteiger partial charge >= 0.3 is 37.2 Å². The monoisotopic (exact) mass is 156 g/mol. The molecular weight excluding hydrogens is 147 g/mol. The summed E-state index contributed by atoms with van der Waals surface area (Å²) in [4.78, 5) is 0. The van der Waals surface area contributed by atoms with Crippen LogP contribution in [-0.4, -0.2) is 30.7 Å². The Kier molecular flexibility index (Phi) is 4.90. The van der Waals surface area contributed by atoms with Crippen molar-refractivity contribution in [1.29, 1.82) is 0 Å². The van der Waals surface area contributed by atoms with Crippen molar-refractivity contribution in [2.24, 2.45) is 0 Å². The first-order valence-electron chi connectivity index (χ1n) is 1.40. The van der Waals surface area contributed by atoms with Gasteiger partial charge in [0.1, 0.15) is 0 Å². The van der Waals surface area contributed by atoms with Crippen molar-refractivity contribution in [2.45, 2.75) is 6.55 Å². The molecule has 0 aromatic heterocycles. The standard InChI is InChI=1S/CH8SeSi2/c1-4-2-3/h4H2,1,3H3. The van der Waals surface area contributed by atoms with Gasteiger partial charge in [0.15, 0.2) is 0 Å². The Labute approximate surface area is 37.7 Å². The van der Waals surface area contributed by atoms with Gasteiger partial charge in [0.2, 0.25) is 0 Å². The van der Waals surface area contributed by atoms with Gasteiger partial charge in [-0.25, -0.2) is 0 Å². The summed E-state index contributed by atoms with van der Waals surface area (Å²) in [6.07, 6.45) is 0. The Morgan fingerprint density at radius 2 is 2.25 bits per heavy atom. The van der Waals surface area contributed by atoms with Gasteiger partial charge in [-0.3, -0.25) is 0 Å². The van der Waals surface area contributed by atoms with Crippen LogP contribution in [0.1, 0.15) is 0 Å². The summed E-state index contributed by atoms with van der Waals surface area (Å²) in [6, 6.07) is 0. The Balaban J connectivity index is 1.97. The number of hydrogen-bond donors (Lipinski definition) is 0. The van der Waals surface area contributed by atoms with Crippen LogP contribution in [0.4, 0.5) is 0 Å². The van der Waals surface area contributed by atoms with Crippen molar-refractivity contribution in [3.8, 4) is 0 Å². The van der Waals surface area contributed by atoms with Gasteiger partial charge in [-0.2, -0.15) is 0 Å². The topological polar surface area (TPSA) is 0 Å². The van der Waals surface area contributed by atoms with Gasteiger partial charge < -0.3 is 0 Å². The van der Waals surface area contributed by atoms with E-state index in [4.69, 9.17) is 0 Å². The van der Waals surface area contributed by atoms with Gasteiger partial charge in [-0.15, -0.1) is 0 Å². The van der Waals surface area contributed by atoms with Crippen LogP contribution < -0.4 is 0 Å². The molecule has 0 atom stereocenters. The fourth-order valence-corrected chi connectivity index (χ4v) is 0. The van der Waals surface area contributed by atoms with Gasteiger partial charge in [0.25, 0.3) is 0 Å². The molecule has 0 rings (SSSR count). The SMILES string of the molecule is C[SiH2][Se][SiH3]. The molecule has 0 aromatic carbocycles. The van der Waals surface area contributed by atoms with E-state index in [9.17, 15) is 0 Å². The first-order chi connectivity index (χ1) is 1.91. The number of rotatable bonds is 1. The van der Waals surface area contributed by atoms with Crippen LogP contribution in [-0.2, 0) is 0 Å². The second-order valence-corrected chi connectivity index (χ2v) is 18.0. The van der Waals surface area contributed by atoms with Crippen LogP contribution in [0.3, 0.4) is 0 Å². The quantitative estimate of drug-likeness (QED) is 0.388. The summed E-state index contributed by atoms with van der Waals surface area (Å²) < 4.78 is 0. The van der Waals surface area contributed by atoms with E-state index in [1.165, 1.54) is 22.5 Å². The second kappa shape index (κ2) is 3.95. The third kappa shape index (κ3) is 2.95. The van der Waals surface area contributed by atoms with Crippen LogP contribution in [0.25, 0.3) is 0 Å². The zero-order valence-corrected chi connectivity index (χ0v) is 8.24. The average Bonchev–Trinajstić information content (AvgIpc) is 1.37. The van der Waals surface area contributed by atoms with Crippen molar-refractivity contribution in [1.82, 2.24) is 0 Å². The van der Waals surface area contributed by atoms with E-state index in [1.54, 1.807) is 0 Å². The molecule has 0 aromatic rings. The Morgan fingerprint density at radius 1 is 2.00 bits per heavy atom. The van der Waals surface area contributed by atoms with Gasteiger partial charge in [0.05, 0.1) is 0 Å². The maximum absolute atomic E-state index is 2.38. The molecule has 4 heavy (non-hydrogen) atoms. The molecule has 0 saturated carbocycles. The van der Waals surface area contributed by atoms with Crippen LogP contribution in [0.5, 0.6) is 0 Å². The van der Waals surface area contributed by atoms with Crippen molar-refractivity contribution in [2.75, 3.05) is 0 Å². The van der Waals surface area contributed by atoms with Gasteiger partial charge in [0, 0.05) is 0 Å². The second-order valence-electron chi connectivity index (χ2n) is 0.577. The third-order valence-electron chi connectivity index (χ3n) is 0.289. The minimum absolute atomic E-state index is 0.549. The summed E-state index contributed by atoms with van der Waals surface area (Å²) in [5.41, 5.74) is 0. The van der Waals surface area contributed by atoms with Gasteiger partial charge in [-0.1, -0.05) is 0 Å². The first kappa shape index (κ1) is 4.95. The van der Waals surface area contributed by atoms with Crippen LogP contribution >= 0.6 is 0 Å². The molecular formula is CH8SeSi2. The third-order valence-corrected chi connectivity index (χ3v) is 13.5. The summed E-state index contributed by atoms with van der Waals surface area (Å²) in [5, 5.41) is 0. The molecule has 0 saturated heterocycles. The molecule has 3 heteroatoms. The molecule has 0 N–H and O–H groups in total. The Morgan fingerprint density at radius 3 is 2.25 bits per heavy atom. The molecule has 0 amide bonds. The van der Waals surface area contributed by atoms with E-state index in [0.29, 0.717) is 8.13 Å². The summed E-state index contributed by atoms with van der Waals surface area (Å²) in [7, 11) is 2.06. The zero-order chi connectivity index (χ0) is 3.41. The van der Waals surface area contributed by atoms with Crippen LogP contribution in [0.2, 0.25) is 6.55 Å². The van der Waals surface area contributed by atoms with Gasteiger partial charge in [-0.05, 0) is 0 Å². The van der Waals surface area contributed by atoms with E-state index in [1.807, 2.05) is 0 Å². The molecule has 0 aliphatic heterocycles. The molecule has 0 heterocycles. The molecule has 0 bridgehead atoms. The number of hydrogen-bond acceptors (Lipinski definition) is 0. The predicted molar refractivity (Wildman–Crippen MR) is 30.1 cm³/mol. The predicted octanol–water partition coefficient (Wildman–Crippen LogP) is -1.90. The molecule has 0 aliphatic carbocycles. The zero-order valence-electron chi connectivity index (χ0n) is 3.12. The molecule has 26 valence electrons. The van der Waals surface area contributed by atoms with E-state index < -0.39 is 0 Å². The molecule has 0 nitrogen and oxygen atoms in total. The average molecular weight is 155 g/mol. The fraction of sp³-hybridized carbons (Fsp3) is 1.00. The maximum atomic E-state index is 2.38. The van der Waals surface area contributed by atoms with Crippen molar-refractivity contribution >= 4 is 30.7 Å². The normalized spacial score (nSPS) is 11.2. The fourth-order valence-electron chi connectivity index (χ4n) is 0. The molecule has 0 radical (unpaired) electrons. The first-order valence-corrected chi connectivity index (χ1v) is 13.0. The summed E-state index contributed by atoms with van der Waals surface area (Å²) in [6.45, 7) is 2.38. The van der Waals surface area contributed by atoms with Crippen LogP contribution in [0, 0.1) is 0 Å². The summed E-state index contributed by atoms with van der Waals surface area (Å²) >= 11 is 1.19. The van der Waals surface area contributed by atoms with Crippen molar-refractivity contribution in [3.05, 3.63) is 0 Å². The van der Waals surface area contributed by atoms with E-state index in [0.717, 1.165) is 0 Å². The summed E-state index contributed by atoms with van der Waals surface area (Å²) in [5.74, 6) is 0. The molecule has 0 fully saturated rings. The van der Waals surface area contributed by atoms with E-state index >= 15 is 0 Å². The molecule has 0 spiro atoms.